The lowest BCUT2D eigenvalue weighted by Crippen LogP contribution is -2.64. The maximum atomic E-state index is 11.8. The van der Waals surface area contributed by atoms with Crippen LogP contribution in [0.15, 0.2) is 0 Å². The van der Waals surface area contributed by atoms with E-state index in [0.29, 0.717) is 19.0 Å². The van der Waals surface area contributed by atoms with Gasteiger partial charge in [-0.15, -0.1) is 0 Å². The molecule has 19 heavy (non-hydrogen) atoms. The smallest absolute Gasteiger partial charge is 0.410 e. The number of nitrogens with zero attached hydrogens (tertiary/aromatic N) is 1. The van der Waals surface area contributed by atoms with Crippen LogP contribution in [0.4, 0.5) is 4.79 Å². The van der Waals surface area contributed by atoms with Gasteiger partial charge in [0.2, 0.25) is 0 Å². The number of ether oxygens (including phenoxy) is 2. The molecular weight excluding hydrogens is 246 g/mol. The second kappa shape index (κ2) is 5.29. The number of carbonyl (C=O) groups excluding carboxylic acids is 1. The summed E-state index contributed by atoms with van der Waals surface area (Å²) in [5.74, 6) is 0.513. The van der Waals surface area contributed by atoms with Crippen molar-refractivity contribution in [2.45, 2.75) is 51.2 Å². The van der Waals surface area contributed by atoms with Gasteiger partial charge in [0, 0.05) is 13.2 Å². The minimum Gasteiger partial charge on any atom is -0.444 e. The average molecular weight is 271 g/mol. The van der Waals surface area contributed by atoms with Gasteiger partial charge in [0.1, 0.15) is 11.2 Å². The van der Waals surface area contributed by atoms with Crippen molar-refractivity contribution in [2.24, 2.45) is 5.92 Å². The third-order valence-corrected chi connectivity index (χ3v) is 3.63. The van der Waals surface area contributed by atoms with E-state index in [1.807, 2.05) is 20.8 Å². The molecule has 0 aliphatic carbocycles. The molecule has 0 unspecified atom stereocenters. The van der Waals surface area contributed by atoms with E-state index in [2.05, 4.69) is 0 Å². The first-order chi connectivity index (χ1) is 8.77. The van der Waals surface area contributed by atoms with Gasteiger partial charge in [0.05, 0.1) is 13.1 Å². The largest absolute Gasteiger partial charge is 0.444 e. The van der Waals surface area contributed by atoms with Crippen LogP contribution in [0.1, 0.15) is 40.0 Å². The normalized spacial score (nSPS) is 23.9. The van der Waals surface area contributed by atoms with Crippen molar-refractivity contribution in [1.29, 1.82) is 0 Å². The first-order valence-corrected chi connectivity index (χ1v) is 7.05. The van der Waals surface area contributed by atoms with Crippen LogP contribution in [0, 0.1) is 5.92 Å². The maximum absolute atomic E-state index is 11.8. The zero-order chi connectivity index (χ0) is 14.1. The van der Waals surface area contributed by atoms with E-state index in [-0.39, 0.29) is 6.09 Å². The van der Waals surface area contributed by atoms with E-state index in [0.717, 1.165) is 32.5 Å². The van der Waals surface area contributed by atoms with Crippen molar-refractivity contribution in [3.05, 3.63) is 0 Å². The van der Waals surface area contributed by atoms with Crippen molar-refractivity contribution in [3.63, 3.8) is 0 Å². The molecule has 2 fully saturated rings. The van der Waals surface area contributed by atoms with Crippen LogP contribution >= 0.6 is 0 Å². The third-order valence-electron chi connectivity index (χ3n) is 3.63. The van der Waals surface area contributed by atoms with Gasteiger partial charge >= 0.3 is 6.09 Å². The minimum atomic E-state index is -0.723. The van der Waals surface area contributed by atoms with Gasteiger partial charge in [-0.1, -0.05) is 0 Å². The first-order valence-electron chi connectivity index (χ1n) is 7.05. The summed E-state index contributed by atoms with van der Waals surface area (Å²) in [5, 5.41) is 10.4. The topological polar surface area (TPSA) is 59.0 Å². The van der Waals surface area contributed by atoms with Crippen LogP contribution in [0.3, 0.4) is 0 Å². The number of β-amino-alcohol motifs (C(OH)–C–C–N with tert-alkyl or cyclic N) is 1. The molecule has 2 aliphatic rings. The van der Waals surface area contributed by atoms with Crippen molar-refractivity contribution in [2.75, 3.05) is 26.3 Å². The number of rotatable bonds is 2. The van der Waals surface area contributed by atoms with Crippen molar-refractivity contribution < 1.29 is 19.4 Å². The molecule has 0 aromatic carbocycles. The molecule has 1 amide bonds. The Morgan fingerprint density at radius 2 is 1.95 bits per heavy atom. The summed E-state index contributed by atoms with van der Waals surface area (Å²) in [7, 11) is 0. The Hall–Kier alpha value is -0.810. The number of aliphatic hydroxyl groups is 1. The Labute approximate surface area is 114 Å². The van der Waals surface area contributed by atoms with E-state index in [1.54, 1.807) is 4.90 Å². The fourth-order valence-corrected chi connectivity index (χ4v) is 2.74. The molecule has 110 valence electrons. The van der Waals surface area contributed by atoms with Crippen LogP contribution in [0.2, 0.25) is 0 Å². The zero-order valence-electron chi connectivity index (χ0n) is 12.1. The van der Waals surface area contributed by atoms with Gasteiger partial charge in [-0.2, -0.15) is 0 Å². The summed E-state index contributed by atoms with van der Waals surface area (Å²) in [6.45, 7) is 7.89. The summed E-state index contributed by atoms with van der Waals surface area (Å²) >= 11 is 0. The summed E-state index contributed by atoms with van der Waals surface area (Å²) < 4.78 is 10.6. The standard InChI is InChI=1S/C14H25NO4/c1-13(2,3)19-12(16)15-9-14(17,10-15)8-11-4-6-18-7-5-11/h11,17H,4-10H2,1-3H3. The molecule has 5 heteroatoms. The predicted molar refractivity (Wildman–Crippen MR) is 70.9 cm³/mol. The van der Waals surface area contributed by atoms with Gasteiger partial charge in [0.15, 0.2) is 0 Å². The molecule has 5 nitrogen and oxygen atoms in total. The maximum Gasteiger partial charge on any atom is 0.410 e. The van der Waals surface area contributed by atoms with Crippen LogP contribution in [-0.4, -0.2) is 53.6 Å². The van der Waals surface area contributed by atoms with E-state index in [9.17, 15) is 9.90 Å². The average Bonchev–Trinajstić information content (AvgIpc) is 2.24. The van der Waals surface area contributed by atoms with Crippen molar-refractivity contribution in [3.8, 4) is 0 Å². The van der Waals surface area contributed by atoms with Crippen LogP contribution in [-0.2, 0) is 9.47 Å². The Bertz CT molecular complexity index is 325. The Kier molecular flexibility index (Phi) is 4.06. The molecule has 0 aromatic heterocycles. The molecule has 0 radical (unpaired) electrons. The molecule has 1 N–H and O–H groups in total. The molecule has 2 heterocycles. The van der Waals surface area contributed by atoms with Gasteiger partial charge in [-0.3, -0.25) is 0 Å². The predicted octanol–water partition coefficient (Wildman–Crippen LogP) is 1.78. The molecule has 2 aliphatic heterocycles. The molecule has 0 spiro atoms. The van der Waals surface area contributed by atoms with Crippen LogP contribution in [0.25, 0.3) is 0 Å². The monoisotopic (exact) mass is 271 g/mol. The SMILES string of the molecule is CC(C)(C)OC(=O)N1CC(O)(CC2CCOCC2)C1. The zero-order valence-corrected chi connectivity index (χ0v) is 12.1. The lowest BCUT2D eigenvalue weighted by molar-refractivity contribution is -0.115. The summed E-state index contributed by atoms with van der Waals surface area (Å²) in [5.41, 5.74) is -1.20. The van der Waals surface area contributed by atoms with Gasteiger partial charge in [-0.05, 0) is 46.0 Å². The van der Waals surface area contributed by atoms with Gasteiger partial charge in [0.25, 0.3) is 0 Å². The quantitative estimate of drug-likeness (QED) is 0.832. The van der Waals surface area contributed by atoms with E-state index >= 15 is 0 Å². The first kappa shape index (κ1) is 14.6. The van der Waals surface area contributed by atoms with Crippen LogP contribution in [0.5, 0.6) is 0 Å². The van der Waals surface area contributed by atoms with Crippen LogP contribution < -0.4 is 0 Å². The minimum absolute atomic E-state index is 0.329. The molecular formula is C14H25NO4. The third kappa shape index (κ3) is 4.08. The molecule has 0 atom stereocenters. The highest BCUT2D eigenvalue weighted by atomic mass is 16.6. The van der Waals surface area contributed by atoms with E-state index in [4.69, 9.17) is 9.47 Å². The van der Waals surface area contributed by atoms with Gasteiger partial charge < -0.3 is 19.5 Å². The highest BCUT2D eigenvalue weighted by molar-refractivity contribution is 5.69. The Balaban J connectivity index is 1.75. The number of likely N-dealkylation sites (tertiary alicyclic amines) is 1. The second-order valence-electron chi connectivity index (χ2n) is 6.82. The Morgan fingerprint density at radius 3 is 2.47 bits per heavy atom. The second-order valence-corrected chi connectivity index (χ2v) is 6.82. The fraction of sp³-hybridized carbons (Fsp3) is 0.929. The Morgan fingerprint density at radius 1 is 1.37 bits per heavy atom. The molecule has 0 saturated carbocycles. The van der Waals surface area contributed by atoms with Crippen molar-refractivity contribution in [1.82, 2.24) is 4.90 Å². The summed E-state index contributed by atoms with van der Waals surface area (Å²) in [6.07, 6.45) is 2.45. The van der Waals surface area contributed by atoms with Gasteiger partial charge in [-0.25, -0.2) is 4.79 Å². The molecule has 2 rings (SSSR count). The molecule has 0 aromatic rings. The lowest BCUT2D eigenvalue weighted by atomic mass is 9.81. The van der Waals surface area contributed by atoms with E-state index < -0.39 is 11.2 Å². The molecule has 0 bridgehead atoms. The highest BCUT2D eigenvalue weighted by Gasteiger charge is 2.46. The number of carbonyl (C=O) groups is 1. The summed E-state index contributed by atoms with van der Waals surface area (Å²) in [4.78, 5) is 13.4. The summed E-state index contributed by atoms with van der Waals surface area (Å²) in [6, 6.07) is 0. The number of hydrogen-bond donors (Lipinski definition) is 1. The highest BCUT2D eigenvalue weighted by Crippen LogP contribution is 2.32. The van der Waals surface area contributed by atoms with Crippen molar-refractivity contribution >= 4 is 6.09 Å². The number of amides is 1. The van der Waals surface area contributed by atoms with E-state index in [1.165, 1.54) is 0 Å². The number of hydrogen-bond acceptors (Lipinski definition) is 4. The fourth-order valence-electron chi connectivity index (χ4n) is 2.74. The molecule has 2 saturated heterocycles. The lowest BCUT2D eigenvalue weighted by Gasteiger charge is -2.48.